The smallest absolute Gasteiger partial charge is 0.399 e. The van der Waals surface area contributed by atoms with Crippen LogP contribution in [-0.2, 0) is 9.31 Å². The first-order valence-corrected chi connectivity index (χ1v) is 7.26. The molecule has 0 bridgehead atoms. The second-order valence-corrected chi connectivity index (χ2v) is 6.64. The minimum Gasteiger partial charge on any atom is -0.399 e. The topological polar surface area (TPSA) is 36.3 Å². The first kappa shape index (κ1) is 14.4. The van der Waals surface area contributed by atoms with Gasteiger partial charge in [0.1, 0.15) is 0 Å². The van der Waals surface area contributed by atoms with Gasteiger partial charge in [-0.05, 0) is 46.8 Å². The van der Waals surface area contributed by atoms with Gasteiger partial charge in [-0.1, -0.05) is 17.7 Å². The number of rotatable bonds is 2. The van der Waals surface area contributed by atoms with E-state index < -0.39 is 0 Å². The molecule has 1 saturated heterocycles. The highest BCUT2D eigenvalue weighted by Crippen LogP contribution is 2.36. The van der Waals surface area contributed by atoms with E-state index in [1.54, 1.807) is 0 Å². The molecule has 3 rings (SSSR count). The number of aryl methyl sites for hydroxylation is 1. The largest absolute Gasteiger partial charge is 0.498 e. The fraction of sp³-hybridized carbons (Fsp3) is 0.438. The zero-order valence-electron chi connectivity index (χ0n) is 13.3. The van der Waals surface area contributed by atoms with E-state index in [9.17, 15) is 0 Å². The molecule has 110 valence electrons. The normalized spacial score (nSPS) is 20.0. The summed E-state index contributed by atoms with van der Waals surface area (Å²) in [5, 5.41) is 4.41. The van der Waals surface area contributed by atoms with Gasteiger partial charge in [-0.15, -0.1) is 0 Å². The van der Waals surface area contributed by atoms with Gasteiger partial charge in [0.05, 0.1) is 16.9 Å². The summed E-state index contributed by atoms with van der Waals surface area (Å²) in [4.78, 5) is 0. The molecule has 2 aromatic rings. The van der Waals surface area contributed by atoms with Crippen molar-refractivity contribution in [2.45, 2.75) is 45.8 Å². The molecule has 4 nitrogen and oxygen atoms in total. The van der Waals surface area contributed by atoms with Crippen LogP contribution in [0.3, 0.4) is 0 Å². The fourth-order valence-corrected chi connectivity index (χ4v) is 2.28. The summed E-state index contributed by atoms with van der Waals surface area (Å²) in [6.45, 7) is 10.3. The molecule has 0 N–H and O–H groups in total. The van der Waals surface area contributed by atoms with Crippen LogP contribution in [0.5, 0.6) is 0 Å². The van der Waals surface area contributed by atoms with Crippen LogP contribution in [0, 0.1) is 6.92 Å². The number of aromatic nitrogens is 2. The molecule has 0 radical (unpaired) electrons. The lowest BCUT2D eigenvalue weighted by Gasteiger charge is -2.32. The van der Waals surface area contributed by atoms with Gasteiger partial charge < -0.3 is 9.31 Å². The van der Waals surface area contributed by atoms with Gasteiger partial charge in [0.15, 0.2) is 0 Å². The third-order valence-electron chi connectivity index (χ3n) is 4.43. The molecule has 5 heteroatoms. The molecule has 1 aliphatic heterocycles. The van der Waals surface area contributed by atoms with Crippen LogP contribution in [0.15, 0.2) is 36.7 Å². The average molecular weight is 284 g/mol. The minimum absolute atomic E-state index is 0.330. The highest BCUT2D eigenvalue weighted by molar-refractivity contribution is 6.62. The molecular weight excluding hydrogens is 263 g/mol. The summed E-state index contributed by atoms with van der Waals surface area (Å²) in [5.74, 6) is 0. The molecule has 0 spiro atoms. The maximum atomic E-state index is 6.04. The van der Waals surface area contributed by atoms with Crippen molar-refractivity contribution in [3.8, 4) is 5.69 Å². The summed E-state index contributed by atoms with van der Waals surface area (Å²) >= 11 is 0. The number of benzene rings is 1. The highest BCUT2D eigenvalue weighted by Gasteiger charge is 2.52. The summed E-state index contributed by atoms with van der Waals surface area (Å²) in [5.41, 5.74) is 2.54. The quantitative estimate of drug-likeness (QED) is 0.795. The Morgan fingerprint density at radius 3 is 2.14 bits per heavy atom. The second kappa shape index (κ2) is 4.72. The van der Waals surface area contributed by atoms with Crippen molar-refractivity contribution in [3.63, 3.8) is 0 Å². The monoisotopic (exact) mass is 284 g/mol. The number of hydrogen-bond acceptors (Lipinski definition) is 3. The Bertz CT molecular complexity index is 631. The Morgan fingerprint density at radius 2 is 1.57 bits per heavy atom. The number of hydrogen-bond donors (Lipinski definition) is 0. The zero-order chi connectivity index (χ0) is 15.3. The standard InChI is InChI=1S/C16H21BN2O2/c1-12-6-8-14(9-7-12)19-11-13(10-18-19)17-20-15(2,3)16(4,5)21-17/h6-11H,1-5H3. The predicted molar refractivity (Wildman–Crippen MR) is 84.0 cm³/mol. The van der Waals surface area contributed by atoms with Gasteiger partial charge in [-0.2, -0.15) is 5.10 Å². The van der Waals surface area contributed by atoms with E-state index in [0.717, 1.165) is 11.2 Å². The molecular formula is C16H21BN2O2. The molecule has 1 aromatic heterocycles. The van der Waals surface area contributed by atoms with Crippen molar-refractivity contribution in [2.24, 2.45) is 0 Å². The molecule has 0 aliphatic carbocycles. The van der Waals surface area contributed by atoms with E-state index in [0.29, 0.717) is 0 Å². The van der Waals surface area contributed by atoms with Crippen molar-refractivity contribution < 1.29 is 9.31 Å². The molecule has 0 atom stereocenters. The van der Waals surface area contributed by atoms with E-state index in [1.165, 1.54) is 5.56 Å². The van der Waals surface area contributed by atoms with Crippen molar-refractivity contribution in [2.75, 3.05) is 0 Å². The first-order valence-electron chi connectivity index (χ1n) is 7.26. The minimum atomic E-state index is -0.366. The van der Waals surface area contributed by atoms with E-state index in [1.807, 2.05) is 17.1 Å². The lowest BCUT2D eigenvalue weighted by molar-refractivity contribution is 0.00578. The molecule has 0 saturated carbocycles. The predicted octanol–water partition coefficient (Wildman–Crippen LogP) is 2.48. The van der Waals surface area contributed by atoms with Crippen LogP contribution in [0.2, 0.25) is 0 Å². The molecule has 21 heavy (non-hydrogen) atoms. The molecule has 0 amide bonds. The lowest BCUT2D eigenvalue weighted by Crippen LogP contribution is -2.41. The van der Waals surface area contributed by atoms with Gasteiger partial charge >= 0.3 is 7.12 Å². The fourth-order valence-electron chi connectivity index (χ4n) is 2.28. The van der Waals surface area contributed by atoms with Crippen LogP contribution >= 0.6 is 0 Å². The van der Waals surface area contributed by atoms with Crippen LogP contribution in [-0.4, -0.2) is 28.1 Å². The molecule has 0 unspecified atom stereocenters. The third-order valence-corrected chi connectivity index (χ3v) is 4.43. The third kappa shape index (κ3) is 2.52. The van der Waals surface area contributed by atoms with Crippen LogP contribution in [0.1, 0.15) is 33.3 Å². The van der Waals surface area contributed by atoms with Crippen LogP contribution in [0.4, 0.5) is 0 Å². The zero-order valence-corrected chi connectivity index (χ0v) is 13.3. The van der Waals surface area contributed by atoms with Crippen LogP contribution in [0.25, 0.3) is 5.69 Å². The van der Waals surface area contributed by atoms with Crippen LogP contribution < -0.4 is 5.46 Å². The number of nitrogens with zero attached hydrogens (tertiary/aromatic N) is 2. The summed E-state index contributed by atoms with van der Waals surface area (Å²) in [6.07, 6.45) is 3.77. The average Bonchev–Trinajstić information content (AvgIpc) is 2.94. The maximum absolute atomic E-state index is 6.04. The maximum Gasteiger partial charge on any atom is 0.498 e. The van der Waals surface area contributed by atoms with Gasteiger partial charge in [0, 0.05) is 17.9 Å². The van der Waals surface area contributed by atoms with E-state index in [2.05, 4.69) is 64.0 Å². The molecule has 2 heterocycles. The van der Waals surface area contributed by atoms with Crippen molar-refractivity contribution >= 4 is 12.6 Å². The van der Waals surface area contributed by atoms with Gasteiger partial charge in [-0.3, -0.25) is 0 Å². The first-order chi connectivity index (χ1) is 9.78. The Labute approximate surface area is 126 Å². The SMILES string of the molecule is Cc1ccc(-n2cc(B3OC(C)(C)C(C)(C)O3)cn2)cc1. The Morgan fingerprint density at radius 1 is 1.00 bits per heavy atom. The van der Waals surface area contributed by atoms with Crippen molar-refractivity contribution in [1.29, 1.82) is 0 Å². The second-order valence-electron chi connectivity index (χ2n) is 6.64. The van der Waals surface area contributed by atoms with Gasteiger partial charge in [-0.25, -0.2) is 4.68 Å². The summed E-state index contributed by atoms with van der Waals surface area (Å²) < 4.78 is 13.9. The molecule has 1 fully saturated rings. The van der Waals surface area contributed by atoms with E-state index in [-0.39, 0.29) is 18.3 Å². The van der Waals surface area contributed by atoms with Crippen molar-refractivity contribution in [1.82, 2.24) is 9.78 Å². The van der Waals surface area contributed by atoms with E-state index in [4.69, 9.17) is 9.31 Å². The van der Waals surface area contributed by atoms with Gasteiger partial charge in [0.2, 0.25) is 0 Å². The lowest BCUT2D eigenvalue weighted by atomic mass is 9.82. The highest BCUT2D eigenvalue weighted by atomic mass is 16.7. The molecule has 1 aliphatic rings. The molecule has 1 aromatic carbocycles. The van der Waals surface area contributed by atoms with Crippen molar-refractivity contribution in [3.05, 3.63) is 42.2 Å². The Balaban J connectivity index is 1.85. The summed E-state index contributed by atoms with van der Waals surface area (Å²) in [6, 6.07) is 8.25. The van der Waals surface area contributed by atoms with Gasteiger partial charge in [0.25, 0.3) is 0 Å². The Hall–Kier alpha value is -1.59. The van der Waals surface area contributed by atoms with E-state index >= 15 is 0 Å². The Kier molecular flexibility index (Phi) is 3.22. The summed E-state index contributed by atoms with van der Waals surface area (Å²) in [7, 11) is -0.366.